The van der Waals surface area contributed by atoms with Crippen LogP contribution in [0.5, 0.6) is 11.5 Å². The molecule has 1 N–H and O–H groups in total. The molecule has 32 heavy (non-hydrogen) atoms. The minimum Gasteiger partial charge on any atom is -0.493 e. The van der Waals surface area contributed by atoms with Crippen molar-refractivity contribution < 1.29 is 14.2 Å². The highest BCUT2D eigenvalue weighted by atomic mass is 16.5. The second-order valence-corrected chi connectivity index (χ2v) is 7.65. The lowest BCUT2D eigenvalue weighted by atomic mass is 10.1. The van der Waals surface area contributed by atoms with E-state index in [2.05, 4.69) is 38.4 Å². The first-order valence-electron chi connectivity index (χ1n) is 11.0. The summed E-state index contributed by atoms with van der Waals surface area (Å²) < 4.78 is 17.1. The van der Waals surface area contributed by atoms with Crippen molar-refractivity contribution in [3.8, 4) is 11.5 Å². The zero-order valence-corrected chi connectivity index (χ0v) is 18.7. The Balaban J connectivity index is 1.46. The minimum atomic E-state index is 0.619. The van der Waals surface area contributed by atoms with E-state index in [4.69, 9.17) is 14.2 Å². The molecule has 0 saturated carbocycles. The van der Waals surface area contributed by atoms with Gasteiger partial charge in [-0.2, -0.15) is 0 Å². The maximum absolute atomic E-state index is 6.05. The van der Waals surface area contributed by atoms with Crippen LogP contribution < -0.4 is 14.8 Å². The molecular formula is C25H30N4O3. The molecule has 0 atom stereocenters. The number of morpholine rings is 1. The van der Waals surface area contributed by atoms with Crippen molar-refractivity contribution in [1.29, 1.82) is 0 Å². The third-order valence-corrected chi connectivity index (χ3v) is 5.43. The topological polar surface area (TPSA) is 68.7 Å². The third-order valence-electron chi connectivity index (χ3n) is 5.43. The first-order chi connectivity index (χ1) is 15.8. The van der Waals surface area contributed by atoms with Gasteiger partial charge in [0.2, 0.25) is 0 Å². The van der Waals surface area contributed by atoms with Crippen LogP contribution in [0.1, 0.15) is 18.9 Å². The lowest BCUT2D eigenvalue weighted by molar-refractivity contribution is 0.0357. The zero-order valence-electron chi connectivity index (χ0n) is 18.7. The van der Waals surface area contributed by atoms with Gasteiger partial charge in [-0.3, -0.25) is 4.90 Å². The van der Waals surface area contributed by atoms with Crippen molar-refractivity contribution in [2.45, 2.75) is 13.3 Å². The van der Waals surface area contributed by atoms with Crippen LogP contribution in [0.15, 0.2) is 48.8 Å². The van der Waals surface area contributed by atoms with E-state index in [1.807, 2.05) is 37.3 Å². The number of aromatic nitrogens is 2. The quantitative estimate of drug-likeness (QED) is 0.497. The van der Waals surface area contributed by atoms with Gasteiger partial charge in [0.05, 0.1) is 32.4 Å². The molecule has 7 heteroatoms. The van der Waals surface area contributed by atoms with Crippen molar-refractivity contribution in [3.63, 3.8) is 0 Å². The Bertz CT molecular complexity index is 1050. The number of rotatable bonds is 9. The Morgan fingerprint density at radius 1 is 1.09 bits per heavy atom. The van der Waals surface area contributed by atoms with Gasteiger partial charge in [-0.05, 0) is 37.1 Å². The fraction of sp³-hybridized carbons (Fsp3) is 0.360. The molecule has 3 aromatic rings. The molecule has 2 aromatic carbocycles. The predicted molar refractivity (Wildman–Crippen MR) is 128 cm³/mol. The summed E-state index contributed by atoms with van der Waals surface area (Å²) in [7, 11) is 1.65. The number of hydrogen-bond donors (Lipinski definition) is 1. The number of anilines is 2. The van der Waals surface area contributed by atoms with Gasteiger partial charge >= 0.3 is 0 Å². The standard InChI is InChI=1S/C25H30N4O3/c1-3-5-19-6-8-20(9-7-19)28-25-21-16-23(30-2)24(17-22(21)26-18-27-25)32-13-4-10-29-11-14-31-15-12-29/h3,5-9,16-18H,4,10-15H2,1-2H3,(H,26,27,28)/b5-3+. The highest BCUT2D eigenvalue weighted by molar-refractivity contribution is 5.93. The van der Waals surface area contributed by atoms with Crippen molar-refractivity contribution in [1.82, 2.24) is 14.9 Å². The van der Waals surface area contributed by atoms with Crippen LogP contribution in [0.4, 0.5) is 11.5 Å². The molecule has 2 heterocycles. The van der Waals surface area contributed by atoms with Crippen LogP contribution >= 0.6 is 0 Å². The summed E-state index contributed by atoms with van der Waals surface area (Å²) in [6.45, 7) is 7.24. The minimum absolute atomic E-state index is 0.619. The molecule has 168 valence electrons. The van der Waals surface area contributed by atoms with Gasteiger partial charge in [0.25, 0.3) is 0 Å². The Labute approximate surface area is 189 Å². The number of fused-ring (bicyclic) bond motifs is 1. The molecule has 0 unspecified atom stereocenters. The number of allylic oxidation sites excluding steroid dienone is 1. The number of nitrogens with zero attached hydrogens (tertiary/aromatic N) is 3. The lowest BCUT2D eigenvalue weighted by Gasteiger charge is -2.26. The van der Waals surface area contributed by atoms with Crippen LogP contribution in [0, 0.1) is 0 Å². The highest BCUT2D eigenvalue weighted by Crippen LogP contribution is 2.34. The van der Waals surface area contributed by atoms with Crippen LogP contribution in [-0.2, 0) is 4.74 Å². The van der Waals surface area contributed by atoms with E-state index in [0.717, 1.165) is 67.2 Å². The summed E-state index contributed by atoms with van der Waals surface area (Å²) in [6.07, 6.45) is 6.60. The van der Waals surface area contributed by atoms with E-state index in [1.165, 1.54) is 0 Å². The van der Waals surface area contributed by atoms with Crippen LogP contribution in [0.2, 0.25) is 0 Å². The number of hydrogen-bond acceptors (Lipinski definition) is 7. The number of nitrogens with one attached hydrogen (secondary N) is 1. The highest BCUT2D eigenvalue weighted by Gasteiger charge is 2.13. The monoisotopic (exact) mass is 434 g/mol. The van der Waals surface area contributed by atoms with Gasteiger partial charge in [-0.15, -0.1) is 0 Å². The lowest BCUT2D eigenvalue weighted by Crippen LogP contribution is -2.37. The van der Waals surface area contributed by atoms with Gasteiger partial charge in [-0.25, -0.2) is 9.97 Å². The first-order valence-corrected chi connectivity index (χ1v) is 11.0. The SMILES string of the molecule is C/C=C/c1ccc(Nc2ncnc3cc(OCCCN4CCOCC4)c(OC)cc23)cc1. The van der Waals surface area contributed by atoms with Crippen LogP contribution in [-0.4, -0.2) is 61.4 Å². The Kier molecular flexibility index (Phi) is 7.53. The molecule has 1 aliphatic heterocycles. The second-order valence-electron chi connectivity index (χ2n) is 7.65. The van der Waals surface area contributed by atoms with Crippen molar-refractivity contribution in [2.75, 3.05) is 51.9 Å². The van der Waals surface area contributed by atoms with Gasteiger partial charge in [0.15, 0.2) is 11.5 Å². The molecule has 0 amide bonds. The van der Waals surface area contributed by atoms with Gasteiger partial charge in [-0.1, -0.05) is 24.3 Å². The average Bonchev–Trinajstić information content (AvgIpc) is 2.83. The van der Waals surface area contributed by atoms with Gasteiger partial charge in [0.1, 0.15) is 12.1 Å². The molecule has 1 aromatic heterocycles. The van der Waals surface area contributed by atoms with Crippen molar-refractivity contribution >= 4 is 28.5 Å². The average molecular weight is 435 g/mol. The van der Waals surface area contributed by atoms with Gasteiger partial charge < -0.3 is 19.5 Å². The summed E-state index contributed by atoms with van der Waals surface area (Å²) in [4.78, 5) is 11.3. The molecule has 0 bridgehead atoms. The Morgan fingerprint density at radius 3 is 2.66 bits per heavy atom. The summed E-state index contributed by atoms with van der Waals surface area (Å²) in [5, 5.41) is 4.27. The molecule has 0 radical (unpaired) electrons. The summed E-state index contributed by atoms with van der Waals surface area (Å²) in [6, 6.07) is 12.1. The molecule has 1 aliphatic rings. The van der Waals surface area contributed by atoms with E-state index < -0.39 is 0 Å². The molecular weight excluding hydrogens is 404 g/mol. The van der Waals surface area contributed by atoms with Crippen molar-refractivity contribution in [3.05, 3.63) is 54.4 Å². The van der Waals surface area contributed by atoms with E-state index >= 15 is 0 Å². The summed E-state index contributed by atoms with van der Waals surface area (Å²) >= 11 is 0. The van der Waals surface area contributed by atoms with E-state index in [0.29, 0.717) is 18.1 Å². The van der Waals surface area contributed by atoms with Gasteiger partial charge in [0, 0.05) is 36.8 Å². The molecule has 7 nitrogen and oxygen atoms in total. The molecule has 0 aliphatic carbocycles. The zero-order chi connectivity index (χ0) is 22.2. The fourth-order valence-electron chi connectivity index (χ4n) is 3.74. The smallest absolute Gasteiger partial charge is 0.163 e. The maximum Gasteiger partial charge on any atom is 0.163 e. The first kappa shape index (κ1) is 22.0. The summed E-state index contributed by atoms with van der Waals surface area (Å²) in [5.74, 6) is 2.10. The maximum atomic E-state index is 6.05. The van der Waals surface area contributed by atoms with E-state index in [-0.39, 0.29) is 0 Å². The van der Waals surface area contributed by atoms with E-state index in [9.17, 15) is 0 Å². The third kappa shape index (κ3) is 5.55. The Hall–Kier alpha value is -3.16. The largest absolute Gasteiger partial charge is 0.493 e. The summed E-state index contributed by atoms with van der Waals surface area (Å²) in [5.41, 5.74) is 2.92. The number of benzene rings is 2. The fourth-order valence-corrected chi connectivity index (χ4v) is 3.74. The number of methoxy groups -OCH3 is 1. The molecule has 0 spiro atoms. The second kappa shape index (κ2) is 10.9. The molecule has 4 rings (SSSR count). The number of ether oxygens (including phenoxy) is 3. The van der Waals surface area contributed by atoms with E-state index in [1.54, 1.807) is 13.4 Å². The van der Waals surface area contributed by atoms with Crippen molar-refractivity contribution in [2.24, 2.45) is 0 Å². The molecule has 1 saturated heterocycles. The normalized spacial score (nSPS) is 14.7. The molecule has 1 fully saturated rings. The predicted octanol–water partition coefficient (Wildman–Crippen LogP) is 4.52. The van der Waals surface area contributed by atoms with Crippen LogP contribution in [0.25, 0.3) is 17.0 Å². The Morgan fingerprint density at radius 2 is 1.91 bits per heavy atom. The van der Waals surface area contributed by atoms with Crippen LogP contribution in [0.3, 0.4) is 0 Å².